The number of sulfonamides is 1. The Labute approximate surface area is 131 Å². The van der Waals surface area contributed by atoms with Crippen molar-refractivity contribution in [3.05, 3.63) is 57.8 Å². The zero-order valence-electron chi connectivity index (χ0n) is 10.6. The third kappa shape index (κ3) is 4.31. The molecule has 0 saturated carbocycles. The van der Waals surface area contributed by atoms with Gasteiger partial charge >= 0.3 is 0 Å². The molecule has 8 heteroatoms. The van der Waals surface area contributed by atoms with Crippen LogP contribution in [-0.4, -0.2) is 8.42 Å². The van der Waals surface area contributed by atoms with Gasteiger partial charge in [-0.2, -0.15) is 0 Å². The summed E-state index contributed by atoms with van der Waals surface area (Å²) in [6.07, 6.45) is 0. The van der Waals surface area contributed by atoms with Gasteiger partial charge in [0.1, 0.15) is 5.82 Å². The molecule has 0 saturated heterocycles. The Bertz CT molecular complexity index is 761. The highest BCUT2D eigenvalue weighted by atomic mass is 35.5. The van der Waals surface area contributed by atoms with E-state index in [1.807, 2.05) is 0 Å². The Balaban J connectivity index is 2.23. The van der Waals surface area contributed by atoms with Crippen LogP contribution in [0, 0.1) is 5.82 Å². The van der Waals surface area contributed by atoms with Crippen LogP contribution in [0.25, 0.3) is 0 Å². The molecule has 0 aliphatic heterocycles. The maximum absolute atomic E-state index is 13.2. The van der Waals surface area contributed by atoms with Gasteiger partial charge in [-0.1, -0.05) is 23.2 Å². The molecule has 0 heterocycles. The third-order valence-electron chi connectivity index (χ3n) is 2.67. The molecule has 3 N–H and O–H groups in total. The summed E-state index contributed by atoms with van der Waals surface area (Å²) in [4.78, 5) is -0.0633. The first-order chi connectivity index (χ1) is 9.75. The highest BCUT2D eigenvalue weighted by molar-refractivity contribution is 7.89. The van der Waals surface area contributed by atoms with Crippen LogP contribution in [0.2, 0.25) is 10.0 Å². The summed E-state index contributed by atoms with van der Waals surface area (Å²) in [7, 11) is -3.82. The number of hydrogen-bond donors (Lipinski definition) is 2. The molecule has 112 valence electrons. The van der Waals surface area contributed by atoms with E-state index in [0.29, 0.717) is 16.3 Å². The number of rotatable bonds is 4. The Morgan fingerprint density at radius 1 is 1.14 bits per heavy atom. The van der Waals surface area contributed by atoms with Crippen molar-refractivity contribution in [1.82, 2.24) is 0 Å². The molecular weight excluding hydrogens is 338 g/mol. The predicted octanol–water partition coefficient (Wildman–Crippen LogP) is 3.39. The first-order valence-electron chi connectivity index (χ1n) is 5.77. The van der Waals surface area contributed by atoms with Gasteiger partial charge in [0.25, 0.3) is 0 Å². The normalized spacial score (nSPS) is 11.4. The van der Waals surface area contributed by atoms with E-state index in [1.165, 1.54) is 30.3 Å². The lowest BCUT2D eigenvalue weighted by Crippen LogP contribution is -2.12. The van der Waals surface area contributed by atoms with E-state index >= 15 is 0 Å². The van der Waals surface area contributed by atoms with E-state index in [0.717, 1.165) is 0 Å². The summed E-state index contributed by atoms with van der Waals surface area (Å²) in [6.45, 7) is 0.227. The number of primary sulfonamides is 1. The van der Waals surface area contributed by atoms with Gasteiger partial charge in [0.2, 0.25) is 10.0 Å². The molecule has 0 aliphatic carbocycles. The van der Waals surface area contributed by atoms with Gasteiger partial charge in [-0.05, 0) is 42.0 Å². The van der Waals surface area contributed by atoms with Gasteiger partial charge in [-0.3, -0.25) is 0 Å². The molecule has 0 fully saturated rings. The first-order valence-corrected chi connectivity index (χ1v) is 8.07. The average molecular weight is 349 g/mol. The SMILES string of the molecule is NS(=O)(=O)c1ccc(Cl)c(NCc2cc(F)cc(Cl)c2)c1. The summed E-state index contributed by atoms with van der Waals surface area (Å²) in [6, 6.07) is 8.15. The average Bonchev–Trinajstić information content (AvgIpc) is 2.35. The van der Waals surface area contributed by atoms with Crippen molar-refractivity contribution in [3.63, 3.8) is 0 Å². The topological polar surface area (TPSA) is 72.2 Å². The van der Waals surface area contributed by atoms with Crippen LogP contribution < -0.4 is 10.5 Å². The molecule has 2 rings (SSSR count). The van der Waals surface area contributed by atoms with Crippen LogP contribution in [0.4, 0.5) is 10.1 Å². The van der Waals surface area contributed by atoms with E-state index in [-0.39, 0.29) is 16.5 Å². The van der Waals surface area contributed by atoms with Gasteiger partial charge in [-0.25, -0.2) is 17.9 Å². The molecule has 21 heavy (non-hydrogen) atoms. The molecule has 0 unspecified atom stereocenters. The van der Waals surface area contributed by atoms with Gasteiger partial charge in [0.15, 0.2) is 0 Å². The van der Waals surface area contributed by atoms with Crippen molar-refractivity contribution in [1.29, 1.82) is 0 Å². The van der Waals surface area contributed by atoms with Crippen LogP contribution in [0.5, 0.6) is 0 Å². The van der Waals surface area contributed by atoms with Crippen molar-refractivity contribution < 1.29 is 12.8 Å². The van der Waals surface area contributed by atoms with Crippen LogP contribution in [-0.2, 0) is 16.6 Å². The second kappa shape index (κ2) is 6.19. The standard InChI is InChI=1S/C13H11Cl2FN2O2S/c14-9-3-8(4-10(16)5-9)7-18-13-6-11(21(17,19)20)1-2-12(13)15/h1-6,18H,7H2,(H2,17,19,20). The summed E-state index contributed by atoms with van der Waals surface area (Å²) in [5.74, 6) is -0.455. The van der Waals surface area contributed by atoms with Crippen LogP contribution >= 0.6 is 23.2 Å². The fourth-order valence-corrected chi connectivity index (χ4v) is 2.70. The lowest BCUT2D eigenvalue weighted by atomic mass is 10.2. The molecule has 2 aromatic carbocycles. The van der Waals surface area contributed by atoms with E-state index in [9.17, 15) is 12.8 Å². The monoisotopic (exact) mass is 348 g/mol. The highest BCUT2D eigenvalue weighted by Crippen LogP contribution is 2.25. The van der Waals surface area contributed by atoms with Crippen molar-refractivity contribution in [3.8, 4) is 0 Å². The number of benzene rings is 2. The maximum Gasteiger partial charge on any atom is 0.238 e. The molecular formula is C13H11Cl2FN2O2S. The molecule has 4 nitrogen and oxygen atoms in total. The lowest BCUT2D eigenvalue weighted by Gasteiger charge is -2.10. The maximum atomic E-state index is 13.2. The van der Waals surface area contributed by atoms with Crippen molar-refractivity contribution in [2.24, 2.45) is 5.14 Å². The van der Waals surface area contributed by atoms with E-state index in [1.54, 1.807) is 6.07 Å². The zero-order valence-corrected chi connectivity index (χ0v) is 12.9. The molecule has 0 aliphatic rings. The van der Waals surface area contributed by atoms with Gasteiger partial charge < -0.3 is 5.32 Å². The summed E-state index contributed by atoms with van der Waals surface area (Å²) in [5.41, 5.74) is 0.973. The number of anilines is 1. The minimum absolute atomic E-state index is 0.0633. The molecule has 0 atom stereocenters. The van der Waals surface area contributed by atoms with E-state index in [2.05, 4.69) is 5.32 Å². The summed E-state index contributed by atoms with van der Waals surface area (Å²) >= 11 is 11.7. The largest absolute Gasteiger partial charge is 0.380 e. The number of hydrogen-bond acceptors (Lipinski definition) is 3. The molecule has 0 bridgehead atoms. The van der Waals surface area contributed by atoms with Gasteiger partial charge in [-0.15, -0.1) is 0 Å². The van der Waals surface area contributed by atoms with Crippen molar-refractivity contribution in [2.45, 2.75) is 11.4 Å². The van der Waals surface area contributed by atoms with E-state index in [4.69, 9.17) is 28.3 Å². The second-order valence-electron chi connectivity index (χ2n) is 4.32. The Kier molecular flexibility index (Phi) is 4.73. The van der Waals surface area contributed by atoms with Crippen LogP contribution in [0.1, 0.15) is 5.56 Å². The smallest absolute Gasteiger partial charge is 0.238 e. The summed E-state index contributed by atoms with van der Waals surface area (Å²) < 4.78 is 35.8. The quantitative estimate of drug-likeness (QED) is 0.889. The van der Waals surface area contributed by atoms with Gasteiger partial charge in [0, 0.05) is 11.6 Å². The zero-order chi connectivity index (χ0) is 15.6. The molecule has 2 aromatic rings. The fraction of sp³-hybridized carbons (Fsp3) is 0.0769. The van der Waals surface area contributed by atoms with Crippen molar-refractivity contribution >= 4 is 38.9 Å². The minimum Gasteiger partial charge on any atom is -0.380 e. The Hall–Kier alpha value is -1.34. The van der Waals surface area contributed by atoms with Crippen LogP contribution in [0.15, 0.2) is 41.3 Å². The Morgan fingerprint density at radius 2 is 1.86 bits per heavy atom. The summed E-state index contributed by atoms with van der Waals surface area (Å²) in [5, 5.41) is 8.57. The molecule has 0 aromatic heterocycles. The van der Waals surface area contributed by atoms with E-state index < -0.39 is 15.8 Å². The molecule has 0 spiro atoms. The fourth-order valence-electron chi connectivity index (χ4n) is 1.73. The first kappa shape index (κ1) is 16.0. The number of nitrogens with two attached hydrogens (primary N) is 1. The molecule has 0 amide bonds. The third-order valence-corrected chi connectivity index (χ3v) is 4.13. The lowest BCUT2D eigenvalue weighted by molar-refractivity contribution is 0.598. The second-order valence-corrected chi connectivity index (χ2v) is 6.72. The van der Waals surface area contributed by atoms with Gasteiger partial charge in [0.05, 0.1) is 15.6 Å². The molecule has 0 radical (unpaired) electrons. The number of halogens is 3. The van der Waals surface area contributed by atoms with Crippen LogP contribution in [0.3, 0.4) is 0 Å². The minimum atomic E-state index is -3.82. The Morgan fingerprint density at radius 3 is 2.48 bits per heavy atom. The van der Waals surface area contributed by atoms with Crippen molar-refractivity contribution in [2.75, 3.05) is 5.32 Å². The highest BCUT2D eigenvalue weighted by Gasteiger charge is 2.11. The number of nitrogens with one attached hydrogen (secondary N) is 1. The predicted molar refractivity (Wildman–Crippen MR) is 81.6 cm³/mol.